The number of aryl methyl sites for hydroxylation is 1. The Bertz CT molecular complexity index is 248. The van der Waals surface area contributed by atoms with E-state index in [-0.39, 0.29) is 13.2 Å². The van der Waals surface area contributed by atoms with Gasteiger partial charge >= 0.3 is 6.61 Å². The standard InChI is InChI=1S/C9H10F2O.CH4/c1-2-7-4-3-5-8(6-7)12-9(10)11;/h3-6,9H,2H2,1H3;1H4. The number of rotatable bonds is 3. The summed E-state index contributed by atoms with van der Waals surface area (Å²) in [6.07, 6.45) is 0.820. The first-order chi connectivity index (χ1) is 5.72. The van der Waals surface area contributed by atoms with Crippen LogP contribution in [0.15, 0.2) is 24.3 Å². The minimum absolute atomic E-state index is 0. The van der Waals surface area contributed by atoms with E-state index in [0.29, 0.717) is 0 Å². The van der Waals surface area contributed by atoms with E-state index >= 15 is 0 Å². The van der Waals surface area contributed by atoms with E-state index < -0.39 is 6.61 Å². The minimum atomic E-state index is -2.74. The van der Waals surface area contributed by atoms with E-state index in [1.807, 2.05) is 13.0 Å². The van der Waals surface area contributed by atoms with E-state index in [0.717, 1.165) is 12.0 Å². The Morgan fingerprint density at radius 1 is 1.38 bits per heavy atom. The van der Waals surface area contributed by atoms with Crippen LogP contribution in [0.5, 0.6) is 5.75 Å². The molecule has 0 fully saturated rings. The van der Waals surface area contributed by atoms with Crippen molar-refractivity contribution in [2.45, 2.75) is 27.4 Å². The van der Waals surface area contributed by atoms with Gasteiger partial charge in [-0.1, -0.05) is 26.5 Å². The van der Waals surface area contributed by atoms with Crippen LogP contribution in [0.4, 0.5) is 8.78 Å². The lowest BCUT2D eigenvalue weighted by molar-refractivity contribution is -0.0498. The van der Waals surface area contributed by atoms with Crippen LogP contribution in [0, 0.1) is 0 Å². The maximum Gasteiger partial charge on any atom is 0.387 e. The van der Waals surface area contributed by atoms with E-state index in [4.69, 9.17) is 0 Å². The molecule has 0 aromatic heterocycles. The van der Waals surface area contributed by atoms with Crippen molar-refractivity contribution >= 4 is 0 Å². The normalized spacial score (nSPS) is 9.54. The zero-order valence-electron chi connectivity index (χ0n) is 6.76. The summed E-state index contributed by atoms with van der Waals surface area (Å²) >= 11 is 0. The third kappa shape index (κ3) is 3.87. The van der Waals surface area contributed by atoms with Crippen molar-refractivity contribution in [3.63, 3.8) is 0 Å². The molecule has 0 bridgehead atoms. The Morgan fingerprint density at radius 3 is 2.62 bits per heavy atom. The molecule has 13 heavy (non-hydrogen) atoms. The van der Waals surface area contributed by atoms with Gasteiger partial charge in [-0.2, -0.15) is 8.78 Å². The molecule has 0 N–H and O–H groups in total. The second-order valence-corrected chi connectivity index (χ2v) is 2.38. The van der Waals surface area contributed by atoms with Gasteiger partial charge in [-0.05, 0) is 24.1 Å². The fourth-order valence-corrected chi connectivity index (χ4v) is 0.942. The van der Waals surface area contributed by atoms with Gasteiger partial charge in [0.2, 0.25) is 0 Å². The molecule has 0 aliphatic carbocycles. The van der Waals surface area contributed by atoms with E-state index in [9.17, 15) is 8.78 Å². The monoisotopic (exact) mass is 188 g/mol. The third-order valence-electron chi connectivity index (χ3n) is 1.53. The fourth-order valence-electron chi connectivity index (χ4n) is 0.942. The fraction of sp³-hybridized carbons (Fsp3) is 0.400. The molecule has 0 saturated heterocycles. The second kappa shape index (κ2) is 5.51. The molecule has 1 rings (SSSR count). The van der Waals surface area contributed by atoms with Gasteiger partial charge in [-0.25, -0.2) is 0 Å². The van der Waals surface area contributed by atoms with Crippen molar-refractivity contribution in [2.24, 2.45) is 0 Å². The molecule has 0 radical (unpaired) electrons. The summed E-state index contributed by atoms with van der Waals surface area (Å²) in [5, 5.41) is 0. The molecule has 1 aromatic carbocycles. The molecule has 0 unspecified atom stereocenters. The van der Waals surface area contributed by atoms with Gasteiger partial charge in [0.25, 0.3) is 0 Å². The summed E-state index contributed by atoms with van der Waals surface area (Å²) in [6, 6.07) is 6.71. The summed E-state index contributed by atoms with van der Waals surface area (Å²) in [5.74, 6) is 0.226. The van der Waals surface area contributed by atoms with Crippen molar-refractivity contribution in [3.05, 3.63) is 29.8 Å². The summed E-state index contributed by atoms with van der Waals surface area (Å²) in [6.45, 7) is -0.779. The molecule has 0 atom stereocenters. The SMILES string of the molecule is C.CCc1cccc(OC(F)F)c1. The largest absolute Gasteiger partial charge is 0.435 e. The van der Waals surface area contributed by atoms with Crippen LogP contribution in [0.25, 0.3) is 0 Å². The maximum atomic E-state index is 11.7. The molecule has 74 valence electrons. The molecule has 1 aromatic rings. The van der Waals surface area contributed by atoms with Crippen molar-refractivity contribution < 1.29 is 13.5 Å². The highest BCUT2D eigenvalue weighted by Crippen LogP contribution is 2.15. The number of ether oxygens (including phenoxy) is 1. The number of halogens is 2. The molecule has 0 aliphatic rings. The number of hydrogen-bond acceptors (Lipinski definition) is 1. The Kier molecular flexibility index (Phi) is 5.04. The summed E-state index contributed by atoms with van der Waals surface area (Å²) in [7, 11) is 0. The van der Waals surface area contributed by atoms with Crippen LogP contribution in [0.3, 0.4) is 0 Å². The van der Waals surface area contributed by atoms with Crippen LogP contribution in [-0.4, -0.2) is 6.61 Å². The van der Waals surface area contributed by atoms with Crippen molar-refractivity contribution in [1.82, 2.24) is 0 Å². The summed E-state index contributed by atoms with van der Waals surface area (Å²) < 4.78 is 27.7. The first-order valence-electron chi connectivity index (χ1n) is 3.76. The van der Waals surface area contributed by atoms with Gasteiger partial charge < -0.3 is 4.74 Å². The molecule has 0 amide bonds. The average molecular weight is 188 g/mol. The summed E-state index contributed by atoms with van der Waals surface area (Å²) in [5.41, 5.74) is 0.994. The van der Waals surface area contributed by atoms with Gasteiger partial charge in [0.05, 0.1) is 0 Å². The second-order valence-electron chi connectivity index (χ2n) is 2.38. The first kappa shape index (κ1) is 11.9. The quantitative estimate of drug-likeness (QED) is 0.705. The predicted octanol–water partition coefficient (Wildman–Crippen LogP) is 3.49. The molecule has 0 aliphatic heterocycles. The van der Waals surface area contributed by atoms with Crippen LogP contribution >= 0.6 is 0 Å². The van der Waals surface area contributed by atoms with E-state index in [1.165, 1.54) is 6.07 Å². The summed E-state index contributed by atoms with van der Waals surface area (Å²) in [4.78, 5) is 0. The molecule has 0 heterocycles. The first-order valence-corrected chi connectivity index (χ1v) is 3.76. The Morgan fingerprint density at radius 2 is 2.08 bits per heavy atom. The number of hydrogen-bond donors (Lipinski definition) is 0. The van der Waals surface area contributed by atoms with Crippen molar-refractivity contribution in [1.29, 1.82) is 0 Å². The lowest BCUT2D eigenvalue weighted by Gasteiger charge is -2.04. The number of alkyl halides is 2. The molecule has 1 nitrogen and oxygen atoms in total. The highest BCUT2D eigenvalue weighted by atomic mass is 19.3. The van der Waals surface area contributed by atoms with Gasteiger partial charge in [0.1, 0.15) is 5.75 Å². The minimum Gasteiger partial charge on any atom is -0.435 e. The van der Waals surface area contributed by atoms with Crippen molar-refractivity contribution in [2.75, 3.05) is 0 Å². The van der Waals surface area contributed by atoms with E-state index in [2.05, 4.69) is 4.74 Å². The van der Waals surface area contributed by atoms with E-state index in [1.54, 1.807) is 12.1 Å². The van der Waals surface area contributed by atoms with Gasteiger partial charge in [-0.15, -0.1) is 0 Å². The Hall–Kier alpha value is -1.12. The van der Waals surface area contributed by atoms with Crippen LogP contribution in [0.1, 0.15) is 19.9 Å². The molecular formula is C10H14F2O. The van der Waals surface area contributed by atoms with Crippen LogP contribution in [0.2, 0.25) is 0 Å². The lowest BCUT2D eigenvalue weighted by atomic mass is 10.2. The highest BCUT2D eigenvalue weighted by Gasteiger charge is 2.03. The lowest BCUT2D eigenvalue weighted by Crippen LogP contribution is -2.01. The zero-order chi connectivity index (χ0) is 8.97. The smallest absolute Gasteiger partial charge is 0.387 e. The molecule has 0 spiro atoms. The third-order valence-corrected chi connectivity index (χ3v) is 1.53. The molecular weight excluding hydrogens is 174 g/mol. The van der Waals surface area contributed by atoms with Crippen molar-refractivity contribution in [3.8, 4) is 5.75 Å². The maximum absolute atomic E-state index is 11.7. The molecule has 3 heteroatoms. The van der Waals surface area contributed by atoms with Gasteiger partial charge in [-0.3, -0.25) is 0 Å². The average Bonchev–Trinajstić information content (AvgIpc) is 2.03. The Balaban J connectivity index is 0.00000144. The van der Waals surface area contributed by atoms with Gasteiger partial charge in [0, 0.05) is 0 Å². The van der Waals surface area contributed by atoms with Crippen LogP contribution in [-0.2, 0) is 6.42 Å². The molecule has 0 saturated carbocycles. The zero-order valence-corrected chi connectivity index (χ0v) is 6.76. The topological polar surface area (TPSA) is 9.23 Å². The predicted molar refractivity (Wildman–Crippen MR) is 49.2 cm³/mol. The van der Waals surface area contributed by atoms with Crippen LogP contribution < -0.4 is 4.74 Å². The highest BCUT2D eigenvalue weighted by molar-refractivity contribution is 5.28. The number of benzene rings is 1. The van der Waals surface area contributed by atoms with Gasteiger partial charge in [0.15, 0.2) is 0 Å². The Labute approximate surface area is 77.3 Å².